The minimum absolute atomic E-state index is 0.0109. The first-order valence-electron chi connectivity index (χ1n) is 16.2. The van der Waals surface area contributed by atoms with Crippen LogP contribution in [0.1, 0.15) is 148 Å². The summed E-state index contributed by atoms with van der Waals surface area (Å²) in [5.74, 6) is 0.981. The summed E-state index contributed by atoms with van der Waals surface area (Å²) in [5.41, 5.74) is -0.487. The Morgan fingerprint density at radius 3 is 1.95 bits per heavy atom. The van der Waals surface area contributed by atoms with E-state index >= 15 is 0 Å². The van der Waals surface area contributed by atoms with E-state index in [1.165, 1.54) is 51.4 Å². The second-order valence-corrected chi connectivity index (χ2v) is 13.2. The first kappa shape index (κ1) is 27.5. The summed E-state index contributed by atoms with van der Waals surface area (Å²) in [4.78, 5) is 27.5. The van der Waals surface area contributed by atoms with E-state index in [1.807, 2.05) is 0 Å². The van der Waals surface area contributed by atoms with Crippen LogP contribution < -0.4 is 0 Å². The Bertz CT molecular complexity index is 729. The molecule has 0 aromatic heterocycles. The zero-order valence-electron chi connectivity index (χ0n) is 23.3. The summed E-state index contributed by atoms with van der Waals surface area (Å²) in [6, 6.07) is 0. The average Bonchev–Trinajstić information content (AvgIpc) is 2.93. The topological polar surface area (TPSA) is 61.8 Å². The van der Waals surface area contributed by atoms with Gasteiger partial charge in [-0.05, 0) is 88.9 Å². The van der Waals surface area contributed by atoms with Crippen LogP contribution in [0, 0.1) is 17.3 Å². The molecule has 4 unspecified atom stereocenters. The van der Waals surface area contributed by atoms with Crippen LogP contribution in [0.25, 0.3) is 0 Å². The van der Waals surface area contributed by atoms with Gasteiger partial charge in [-0.25, -0.2) is 4.79 Å². The Morgan fingerprint density at radius 2 is 1.22 bits per heavy atom. The Kier molecular flexibility index (Phi) is 9.88. The van der Waals surface area contributed by atoms with Crippen molar-refractivity contribution in [3.05, 3.63) is 0 Å². The monoisotopic (exact) mass is 516 g/mol. The summed E-state index contributed by atoms with van der Waals surface area (Å²) in [7, 11) is 0. The second kappa shape index (κ2) is 13.3. The third-order valence-electron chi connectivity index (χ3n) is 10.6. The molecule has 0 radical (unpaired) electrons. The molecule has 0 aromatic rings. The lowest BCUT2D eigenvalue weighted by Gasteiger charge is -2.44. The van der Waals surface area contributed by atoms with Gasteiger partial charge in [-0.15, -0.1) is 0 Å². The first-order chi connectivity index (χ1) is 18.1. The number of fused-ring (bicyclic) bond motifs is 1. The molecule has 5 rings (SSSR count). The molecular formula is C32H52O5. The molecule has 4 atom stereocenters. The third-order valence-corrected chi connectivity index (χ3v) is 10.6. The number of carbonyl (C=O) groups is 2. The highest BCUT2D eigenvalue weighted by Gasteiger charge is 2.49. The number of ether oxygens (including phenoxy) is 3. The highest BCUT2D eigenvalue weighted by atomic mass is 16.6. The molecule has 5 saturated carbocycles. The van der Waals surface area contributed by atoms with Crippen LogP contribution in [0.15, 0.2) is 0 Å². The molecule has 0 saturated heterocycles. The van der Waals surface area contributed by atoms with Gasteiger partial charge < -0.3 is 14.2 Å². The maximum absolute atomic E-state index is 13.8. The molecule has 210 valence electrons. The van der Waals surface area contributed by atoms with Crippen molar-refractivity contribution in [2.75, 3.05) is 0 Å². The van der Waals surface area contributed by atoms with Crippen molar-refractivity contribution in [3.8, 4) is 0 Å². The zero-order chi connectivity index (χ0) is 25.5. The van der Waals surface area contributed by atoms with Gasteiger partial charge in [0.15, 0.2) is 6.10 Å². The van der Waals surface area contributed by atoms with Crippen molar-refractivity contribution in [1.82, 2.24) is 0 Å². The van der Waals surface area contributed by atoms with E-state index in [0.29, 0.717) is 12.3 Å². The van der Waals surface area contributed by atoms with Gasteiger partial charge in [-0.1, -0.05) is 64.2 Å². The fourth-order valence-electron chi connectivity index (χ4n) is 8.56. The van der Waals surface area contributed by atoms with Crippen LogP contribution >= 0.6 is 0 Å². The molecule has 0 aromatic carbocycles. The van der Waals surface area contributed by atoms with Crippen LogP contribution in [-0.2, 0) is 23.8 Å². The lowest BCUT2D eigenvalue weighted by atomic mass is 9.67. The maximum Gasteiger partial charge on any atom is 0.336 e. The molecule has 0 heterocycles. The Hall–Kier alpha value is -1.10. The zero-order valence-corrected chi connectivity index (χ0v) is 23.3. The SMILES string of the molecule is O=C(CC1(C(OC2CCCCC2)C(=O)OC2CCCCC2)CCCCC1)OC1CCCC2CCCCC21. The Labute approximate surface area is 225 Å². The van der Waals surface area contributed by atoms with Crippen molar-refractivity contribution >= 4 is 11.9 Å². The van der Waals surface area contributed by atoms with Crippen molar-refractivity contribution in [2.45, 2.75) is 172 Å². The molecule has 5 nitrogen and oxygen atoms in total. The summed E-state index contributed by atoms with van der Waals surface area (Å²) >= 11 is 0. The molecule has 0 aliphatic heterocycles. The van der Waals surface area contributed by atoms with Crippen molar-refractivity contribution in [2.24, 2.45) is 17.3 Å². The fraction of sp³-hybridized carbons (Fsp3) is 0.938. The minimum atomic E-state index is -0.640. The number of carbonyl (C=O) groups excluding carboxylic acids is 2. The largest absolute Gasteiger partial charge is 0.462 e. The normalized spacial score (nSPS) is 32.2. The fourth-order valence-corrected chi connectivity index (χ4v) is 8.56. The van der Waals surface area contributed by atoms with Crippen LogP contribution in [0.5, 0.6) is 0 Å². The number of esters is 2. The van der Waals surface area contributed by atoms with E-state index in [1.54, 1.807) is 0 Å². The van der Waals surface area contributed by atoms with Gasteiger partial charge in [-0.2, -0.15) is 0 Å². The van der Waals surface area contributed by atoms with Gasteiger partial charge in [0.2, 0.25) is 0 Å². The highest BCUT2D eigenvalue weighted by molar-refractivity contribution is 5.78. The summed E-state index contributed by atoms with van der Waals surface area (Å²) in [6.45, 7) is 0. The van der Waals surface area contributed by atoms with Crippen molar-refractivity contribution < 1.29 is 23.8 Å². The first-order valence-corrected chi connectivity index (χ1v) is 16.2. The number of hydrogen-bond donors (Lipinski definition) is 0. The molecule has 0 amide bonds. The molecule has 0 N–H and O–H groups in total. The van der Waals surface area contributed by atoms with Crippen LogP contribution in [-0.4, -0.2) is 36.4 Å². The Morgan fingerprint density at radius 1 is 0.622 bits per heavy atom. The molecular weight excluding hydrogens is 464 g/mol. The second-order valence-electron chi connectivity index (χ2n) is 13.2. The van der Waals surface area contributed by atoms with Crippen LogP contribution in [0.2, 0.25) is 0 Å². The molecule has 5 fully saturated rings. The van der Waals surface area contributed by atoms with Gasteiger partial charge in [-0.3, -0.25) is 4.79 Å². The van der Waals surface area contributed by atoms with Gasteiger partial charge in [0.25, 0.3) is 0 Å². The molecule has 5 heteroatoms. The molecule has 5 aliphatic rings. The van der Waals surface area contributed by atoms with E-state index in [4.69, 9.17) is 14.2 Å². The van der Waals surface area contributed by atoms with Crippen LogP contribution in [0.3, 0.4) is 0 Å². The lowest BCUT2D eigenvalue weighted by molar-refractivity contribution is -0.189. The number of rotatable bonds is 8. The quantitative estimate of drug-likeness (QED) is 0.308. The lowest BCUT2D eigenvalue weighted by Crippen LogP contribution is -2.49. The smallest absolute Gasteiger partial charge is 0.336 e. The average molecular weight is 517 g/mol. The molecule has 5 aliphatic carbocycles. The standard InChI is InChI=1S/C32H52O5/c33-29(37-28-20-12-14-24-13-8-9-19-27(24)28)23-32(21-10-3-11-22-32)30(35-25-15-4-1-5-16-25)31(34)36-26-17-6-2-7-18-26/h24-28,30H,1-23H2. The van der Waals surface area contributed by atoms with Gasteiger partial charge >= 0.3 is 11.9 Å². The predicted molar refractivity (Wildman–Crippen MR) is 144 cm³/mol. The van der Waals surface area contributed by atoms with E-state index < -0.39 is 11.5 Å². The molecule has 0 bridgehead atoms. The Balaban J connectivity index is 1.31. The van der Waals surface area contributed by atoms with E-state index in [-0.39, 0.29) is 30.3 Å². The summed E-state index contributed by atoms with van der Waals surface area (Å²) < 4.78 is 19.2. The van der Waals surface area contributed by atoms with Gasteiger partial charge in [0.05, 0.1) is 12.5 Å². The summed E-state index contributed by atoms with van der Waals surface area (Å²) in [5, 5.41) is 0. The minimum Gasteiger partial charge on any atom is -0.462 e. The van der Waals surface area contributed by atoms with Gasteiger partial charge in [0.1, 0.15) is 12.2 Å². The third kappa shape index (κ3) is 7.11. The van der Waals surface area contributed by atoms with Crippen LogP contribution in [0.4, 0.5) is 0 Å². The van der Waals surface area contributed by atoms with E-state index in [2.05, 4.69) is 0 Å². The molecule has 0 spiro atoms. The van der Waals surface area contributed by atoms with Gasteiger partial charge in [0, 0.05) is 5.41 Å². The molecule has 37 heavy (non-hydrogen) atoms. The highest BCUT2D eigenvalue weighted by Crippen LogP contribution is 2.47. The predicted octanol–water partition coefficient (Wildman–Crippen LogP) is 7.82. The maximum atomic E-state index is 13.8. The van der Waals surface area contributed by atoms with E-state index in [0.717, 1.165) is 95.8 Å². The summed E-state index contributed by atoms with van der Waals surface area (Å²) in [6.07, 6.45) is 24.4. The van der Waals surface area contributed by atoms with Crippen molar-refractivity contribution in [3.63, 3.8) is 0 Å². The van der Waals surface area contributed by atoms with Crippen molar-refractivity contribution in [1.29, 1.82) is 0 Å². The number of hydrogen-bond acceptors (Lipinski definition) is 5. The van der Waals surface area contributed by atoms with E-state index in [9.17, 15) is 9.59 Å².